The van der Waals surface area contributed by atoms with Crippen LogP contribution in [0, 0.1) is 17.8 Å². The first-order valence-electron chi connectivity index (χ1n) is 17.8. The third-order valence-corrected chi connectivity index (χ3v) is 9.81. The van der Waals surface area contributed by atoms with Crippen LogP contribution < -0.4 is 14.8 Å². The molecule has 0 aromatic heterocycles. The number of nitrogens with one attached hydrogen (secondary N) is 1. The Hall–Kier alpha value is -4.57. The number of carbonyl (C=O) groups is 4. The van der Waals surface area contributed by atoms with Crippen molar-refractivity contribution in [2.75, 3.05) is 44.1 Å². The maximum Gasteiger partial charge on any atom is 0.410 e. The summed E-state index contributed by atoms with van der Waals surface area (Å²) in [4.78, 5) is 55.2. The van der Waals surface area contributed by atoms with Crippen molar-refractivity contribution in [2.45, 2.75) is 91.2 Å². The second kappa shape index (κ2) is 17.3. The predicted molar refractivity (Wildman–Crippen MR) is 198 cm³/mol. The van der Waals surface area contributed by atoms with Crippen LogP contribution in [0.5, 0.6) is 11.5 Å². The zero-order chi connectivity index (χ0) is 38.2. The van der Waals surface area contributed by atoms with Gasteiger partial charge in [-0.25, -0.2) is 13.2 Å². The highest BCUT2D eigenvalue weighted by Gasteiger charge is 2.44. The van der Waals surface area contributed by atoms with Crippen LogP contribution in [0.4, 0.5) is 10.5 Å². The van der Waals surface area contributed by atoms with E-state index in [0.29, 0.717) is 54.7 Å². The number of imide groups is 1. The molecule has 13 heteroatoms. The van der Waals surface area contributed by atoms with E-state index in [-0.39, 0.29) is 22.9 Å². The second-order valence-electron chi connectivity index (χ2n) is 14.4. The van der Waals surface area contributed by atoms with Crippen molar-refractivity contribution in [3.63, 3.8) is 0 Å². The molecular formula is C39H51N3O9S. The summed E-state index contributed by atoms with van der Waals surface area (Å²) in [5.41, 5.74) is 0.480. The van der Waals surface area contributed by atoms with Crippen LogP contribution in [0.1, 0.15) is 117 Å². The summed E-state index contributed by atoms with van der Waals surface area (Å²) in [6.07, 6.45) is 7.40. The van der Waals surface area contributed by atoms with E-state index in [1.807, 2.05) is 20.8 Å². The third kappa shape index (κ3) is 10.7. The SMILES string of the molecule is CCOc1cc(C(CS(C)(=O)=O)N2C(=O)c3cc(C#CCCCCCC4CCN(C(=O)OC(C)(C)C)CC4)cc(NC(C)=O)c3C2=O)ccc1OC. The van der Waals surface area contributed by atoms with Gasteiger partial charge in [-0.1, -0.05) is 37.2 Å². The highest BCUT2D eigenvalue weighted by atomic mass is 32.2. The number of anilines is 1. The number of hydrogen-bond donors (Lipinski definition) is 1. The van der Waals surface area contributed by atoms with Crippen LogP contribution in [0.25, 0.3) is 0 Å². The van der Waals surface area contributed by atoms with Gasteiger partial charge in [0.05, 0.1) is 42.3 Å². The van der Waals surface area contributed by atoms with Gasteiger partial charge in [0, 0.05) is 38.3 Å². The Bertz CT molecular complexity index is 1830. The van der Waals surface area contributed by atoms with E-state index in [0.717, 1.165) is 49.7 Å². The highest BCUT2D eigenvalue weighted by molar-refractivity contribution is 7.90. The molecule has 0 aliphatic carbocycles. The van der Waals surface area contributed by atoms with Crippen molar-refractivity contribution in [3.8, 4) is 23.3 Å². The van der Waals surface area contributed by atoms with Crippen LogP contribution in [0.3, 0.4) is 0 Å². The molecule has 1 atom stereocenters. The van der Waals surface area contributed by atoms with Crippen molar-refractivity contribution in [1.29, 1.82) is 0 Å². The fourth-order valence-corrected chi connectivity index (χ4v) is 7.44. The van der Waals surface area contributed by atoms with Crippen molar-refractivity contribution >= 4 is 39.3 Å². The average molecular weight is 738 g/mol. The summed E-state index contributed by atoms with van der Waals surface area (Å²) in [5, 5.41) is 2.66. The van der Waals surface area contributed by atoms with E-state index >= 15 is 0 Å². The first-order chi connectivity index (χ1) is 24.5. The minimum Gasteiger partial charge on any atom is -0.493 e. The molecule has 4 rings (SSSR count). The number of likely N-dealkylation sites (tertiary alicyclic amines) is 1. The van der Waals surface area contributed by atoms with Gasteiger partial charge in [0.15, 0.2) is 11.5 Å². The summed E-state index contributed by atoms with van der Waals surface area (Å²) in [6.45, 7) is 10.4. The lowest BCUT2D eigenvalue weighted by molar-refractivity contribution is -0.114. The van der Waals surface area contributed by atoms with E-state index in [1.165, 1.54) is 20.1 Å². The summed E-state index contributed by atoms with van der Waals surface area (Å²) < 4.78 is 41.8. The van der Waals surface area contributed by atoms with E-state index < -0.39 is 45.0 Å². The molecule has 2 heterocycles. The Morgan fingerprint density at radius 3 is 2.35 bits per heavy atom. The summed E-state index contributed by atoms with van der Waals surface area (Å²) in [5.74, 6) is 5.21. The molecule has 4 amide bonds. The van der Waals surface area contributed by atoms with Gasteiger partial charge in [-0.3, -0.25) is 19.3 Å². The smallest absolute Gasteiger partial charge is 0.410 e. The number of carbonyl (C=O) groups excluding carboxylic acids is 4. The molecule has 282 valence electrons. The van der Waals surface area contributed by atoms with Gasteiger partial charge in [0.2, 0.25) is 5.91 Å². The number of sulfone groups is 1. The monoisotopic (exact) mass is 737 g/mol. The Balaban J connectivity index is 1.44. The lowest BCUT2D eigenvalue weighted by Gasteiger charge is -2.33. The van der Waals surface area contributed by atoms with Crippen LogP contribution in [-0.2, 0) is 19.4 Å². The quantitative estimate of drug-likeness (QED) is 0.140. The van der Waals surface area contributed by atoms with Crippen molar-refractivity contribution in [1.82, 2.24) is 9.80 Å². The van der Waals surface area contributed by atoms with E-state index in [1.54, 1.807) is 36.1 Å². The number of amides is 4. The van der Waals surface area contributed by atoms with Crippen LogP contribution in [0.2, 0.25) is 0 Å². The highest BCUT2D eigenvalue weighted by Crippen LogP contribution is 2.39. The number of piperidine rings is 1. The average Bonchev–Trinajstić information content (AvgIpc) is 3.31. The first kappa shape index (κ1) is 40.2. The maximum atomic E-state index is 14.0. The molecule has 2 aromatic carbocycles. The third-order valence-electron chi connectivity index (χ3n) is 8.89. The Labute approximate surface area is 307 Å². The van der Waals surface area contributed by atoms with Gasteiger partial charge in [-0.2, -0.15) is 0 Å². The molecule has 2 aliphatic rings. The van der Waals surface area contributed by atoms with E-state index in [9.17, 15) is 27.6 Å². The number of benzene rings is 2. The lowest BCUT2D eigenvalue weighted by atomic mass is 9.91. The van der Waals surface area contributed by atoms with Crippen molar-refractivity contribution in [3.05, 3.63) is 52.6 Å². The van der Waals surface area contributed by atoms with Gasteiger partial charge in [-0.15, -0.1) is 0 Å². The molecule has 1 saturated heterocycles. The van der Waals surface area contributed by atoms with E-state index in [4.69, 9.17) is 14.2 Å². The number of methoxy groups -OCH3 is 1. The largest absolute Gasteiger partial charge is 0.493 e. The fourth-order valence-electron chi connectivity index (χ4n) is 6.52. The van der Waals surface area contributed by atoms with Crippen molar-refractivity contribution in [2.24, 2.45) is 5.92 Å². The molecule has 0 radical (unpaired) electrons. The van der Waals surface area contributed by atoms with Crippen LogP contribution in [0.15, 0.2) is 30.3 Å². The van der Waals surface area contributed by atoms with Crippen molar-refractivity contribution < 1.29 is 41.8 Å². The van der Waals surface area contributed by atoms with Gasteiger partial charge >= 0.3 is 6.09 Å². The number of fused-ring (bicyclic) bond motifs is 1. The summed E-state index contributed by atoms with van der Waals surface area (Å²) in [7, 11) is -2.22. The first-order valence-corrected chi connectivity index (χ1v) is 19.9. The van der Waals surface area contributed by atoms with Gasteiger partial charge in [0.25, 0.3) is 11.8 Å². The molecule has 12 nitrogen and oxygen atoms in total. The summed E-state index contributed by atoms with van der Waals surface area (Å²) in [6, 6.07) is 6.68. The molecule has 0 bridgehead atoms. The number of hydrogen-bond acceptors (Lipinski definition) is 9. The molecule has 1 fully saturated rings. The Morgan fingerprint density at radius 2 is 1.73 bits per heavy atom. The van der Waals surface area contributed by atoms with Gasteiger partial charge in [0.1, 0.15) is 15.4 Å². The van der Waals surface area contributed by atoms with Crippen LogP contribution >= 0.6 is 0 Å². The van der Waals surface area contributed by atoms with Gasteiger partial charge in [-0.05, 0) is 82.7 Å². The van der Waals surface area contributed by atoms with Gasteiger partial charge < -0.3 is 24.4 Å². The Morgan fingerprint density at radius 1 is 1.02 bits per heavy atom. The minimum absolute atomic E-state index is 0.0141. The molecule has 2 aliphatic heterocycles. The molecule has 0 saturated carbocycles. The normalized spacial score (nSPS) is 15.4. The molecule has 0 spiro atoms. The molecule has 2 aromatic rings. The second-order valence-corrected chi connectivity index (χ2v) is 16.6. The zero-order valence-electron chi connectivity index (χ0n) is 31.3. The number of rotatable bonds is 13. The zero-order valence-corrected chi connectivity index (χ0v) is 32.1. The number of ether oxygens (including phenoxy) is 3. The predicted octanol–water partition coefficient (Wildman–Crippen LogP) is 6.38. The molecular weight excluding hydrogens is 687 g/mol. The number of nitrogens with zero attached hydrogens (tertiary/aromatic N) is 2. The number of unbranched alkanes of at least 4 members (excludes halogenated alkanes) is 3. The standard InChI is InChI=1S/C39H51N3O9S/c1-8-50-34-24-29(16-17-33(34)49-6)32(25-52(7,47)48)42-36(44)30-22-28(23-31(40-26(2)43)35(30)37(42)45)15-13-11-9-10-12-14-27-18-20-41(21-19-27)38(46)51-39(3,4)5/h16-17,22-24,27,32H,8-12,14,18-21,25H2,1-7H3,(H,40,43). The van der Waals surface area contributed by atoms with E-state index in [2.05, 4.69) is 17.2 Å². The molecule has 52 heavy (non-hydrogen) atoms. The minimum atomic E-state index is -3.69. The lowest BCUT2D eigenvalue weighted by Crippen LogP contribution is -2.41. The fraction of sp³-hybridized carbons (Fsp3) is 0.538. The van der Waals surface area contributed by atoms with Crippen LogP contribution in [-0.4, -0.2) is 86.4 Å². The summed E-state index contributed by atoms with van der Waals surface area (Å²) >= 11 is 0. The maximum absolute atomic E-state index is 14.0. The topological polar surface area (TPSA) is 149 Å². The Kier molecular flexibility index (Phi) is 13.4. The molecule has 1 N–H and O–H groups in total. The molecule has 1 unspecified atom stereocenters.